The van der Waals surface area contributed by atoms with Crippen LogP contribution in [0.3, 0.4) is 0 Å². The fraction of sp³-hybridized carbons (Fsp3) is 0.727. The molecular weight excluding hydrogens is 206 g/mol. The summed E-state index contributed by atoms with van der Waals surface area (Å²) < 4.78 is 2.11. The molecule has 0 aliphatic carbocycles. The third-order valence-electron chi connectivity index (χ3n) is 3.02. The minimum atomic E-state index is -0.615. The van der Waals surface area contributed by atoms with Crippen LogP contribution in [0, 0.1) is 0 Å². The quantitative estimate of drug-likeness (QED) is 0.760. The summed E-state index contributed by atoms with van der Waals surface area (Å²) in [4.78, 5) is 6.18. The van der Waals surface area contributed by atoms with E-state index in [1.54, 1.807) is 0 Å². The molecule has 1 aliphatic heterocycles. The van der Waals surface area contributed by atoms with E-state index >= 15 is 0 Å². The van der Waals surface area contributed by atoms with Crippen molar-refractivity contribution in [2.75, 3.05) is 13.1 Å². The Hall–Kier alpha value is -0.910. The third-order valence-corrected chi connectivity index (χ3v) is 3.02. The van der Waals surface area contributed by atoms with Crippen LogP contribution in [0.1, 0.15) is 25.6 Å². The Morgan fingerprint density at radius 3 is 2.56 bits per heavy atom. The molecule has 2 heterocycles. The maximum atomic E-state index is 9.46. The molecule has 2 rings (SSSR count). The van der Waals surface area contributed by atoms with Gasteiger partial charge in [0, 0.05) is 31.9 Å². The van der Waals surface area contributed by atoms with Crippen molar-refractivity contribution >= 4 is 0 Å². The first kappa shape index (κ1) is 11.6. The van der Waals surface area contributed by atoms with Gasteiger partial charge in [0.05, 0.1) is 24.2 Å². The number of hydrogen-bond donors (Lipinski definition) is 2. The van der Waals surface area contributed by atoms with Gasteiger partial charge in [-0.15, -0.1) is 0 Å². The first-order valence-corrected chi connectivity index (χ1v) is 5.67. The maximum Gasteiger partial charge on any atom is 0.0951 e. The van der Waals surface area contributed by atoms with Crippen LogP contribution in [-0.2, 0) is 6.54 Å². The van der Waals surface area contributed by atoms with Gasteiger partial charge in [0.25, 0.3) is 0 Å². The van der Waals surface area contributed by atoms with E-state index in [-0.39, 0.29) is 0 Å². The number of aliphatic hydroxyl groups is 2. The number of nitrogens with zero attached hydrogens (tertiary/aromatic N) is 3. The van der Waals surface area contributed by atoms with Crippen molar-refractivity contribution in [2.24, 2.45) is 0 Å². The van der Waals surface area contributed by atoms with Gasteiger partial charge < -0.3 is 14.8 Å². The maximum absolute atomic E-state index is 9.46. The lowest BCUT2D eigenvalue weighted by molar-refractivity contribution is 0.0572. The van der Waals surface area contributed by atoms with E-state index in [1.807, 2.05) is 17.4 Å². The van der Waals surface area contributed by atoms with Gasteiger partial charge in [0.2, 0.25) is 0 Å². The number of β-amino-alcohol motifs (C(OH)–C–C–N with tert-alkyl or cyclic N) is 2. The molecule has 0 radical (unpaired) electrons. The predicted molar refractivity (Wildman–Crippen MR) is 59.9 cm³/mol. The van der Waals surface area contributed by atoms with Crippen molar-refractivity contribution in [3.8, 4) is 0 Å². The minimum absolute atomic E-state index is 0.384. The summed E-state index contributed by atoms with van der Waals surface area (Å²) in [7, 11) is 0. The normalized spacial score (nSPS) is 26.8. The minimum Gasteiger partial charge on any atom is -0.389 e. The average molecular weight is 225 g/mol. The molecule has 0 amide bonds. The van der Waals surface area contributed by atoms with Crippen LogP contribution >= 0.6 is 0 Å². The summed E-state index contributed by atoms with van der Waals surface area (Å²) in [5.41, 5.74) is 1.12. The van der Waals surface area contributed by atoms with Crippen LogP contribution < -0.4 is 0 Å². The summed E-state index contributed by atoms with van der Waals surface area (Å²) in [6.07, 6.45) is 2.44. The van der Waals surface area contributed by atoms with Crippen molar-refractivity contribution in [1.29, 1.82) is 0 Å². The number of hydrogen-bond acceptors (Lipinski definition) is 4. The second-order valence-corrected chi connectivity index (χ2v) is 4.71. The Balaban J connectivity index is 2.02. The van der Waals surface area contributed by atoms with Crippen LogP contribution in [0.25, 0.3) is 0 Å². The van der Waals surface area contributed by atoms with Gasteiger partial charge in [-0.25, -0.2) is 4.98 Å². The van der Waals surface area contributed by atoms with Gasteiger partial charge in [0.1, 0.15) is 0 Å². The molecule has 5 nitrogen and oxygen atoms in total. The van der Waals surface area contributed by atoms with Crippen LogP contribution in [0.5, 0.6) is 0 Å². The van der Waals surface area contributed by atoms with E-state index in [0.717, 1.165) is 12.2 Å². The highest BCUT2D eigenvalue weighted by molar-refractivity contribution is 5.01. The molecule has 0 aromatic carbocycles. The van der Waals surface area contributed by atoms with E-state index in [1.165, 1.54) is 0 Å². The van der Waals surface area contributed by atoms with Gasteiger partial charge in [-0.2, -0.15) is 0 Å². The average Bonchev–Trinajstić information content (AvgIpc) is 2.75. The van der Waals surface area contributed by atoms with Crippen molar-refractivity contribution in [3.05, 3.63) is 18.2 Å². The summed E-state index contributed by atoms with van der Waals surface area (Å²) in [5.74, 6) is 0. The topological polar surface area (TPSA) is 61.5 Å². The van der Waals surface area contributed by atoms with Crippen molar-refractivity contribution in [2.45, 2.75) is 38.6 Å². The number of aliphatic hydroxyl groups excluding tert-OH is 2. The standard InChI is InChI=1S/C11H19N3O2/c1-8(2)14-7-12-3-9(14)4-13-5-10(15)11(16)6-13/h3,7-8,10-11,15-16H,4-6H2,1-2H3/t10-,11+. The van der Waals surface area contributed by atoms with E-state index in [9.17, 15) is 10.2 Å². The zero-order valence-electron chi connectivity index (χ0n) is 9.74. The zero-order chi connectivity index (χ0) is 11.7. The first-order valence-electron chi connectivity index (χ1n) is 5.67. The lowest BCUT2D eigenvalue weighted by Gasteiger charge is -2.17. The molecule has 1 aliphatic rings. The van der Waals surface area contributed by atoms with E-state index in [4.69, 9.17) is 0 Å². The molecule has 1 saturated heterocycles. The predicted octanol–water partition coefficient (Wildman–Crippen LogP) is 0.00140. The molecule has 1 aromatic rings. The molecule has 1 fully saturated rings. The molecule has 1 aromatic heterocycles. The van der Waals surface area contributed by atoms with Crippen LogP contribution in [-0.4, -0.2) is 50.0 Å². The van der Waals surface area contributed by atoms with Crippen LogP contribution in [0.4, 0.5) is 0 Å². The highest BCUT2D eigenvalue weighted by atomic mass is 16.3. The summed E-state index contributed by atoms with van der Waals surface area (Å²) in [6.45, 7) is 6.01. The highest BCUT2D eigenvalue weighted by Crippen LogP contribution is 2.16. The Morgan fingerprint density at radius 1 is 1.38 bits per heavy atom. The number of imidazole rings is 1. The highest BCUT2D eigenvalue weighted by Gasteiger charge is 2.29. The second-order valence-electron chi connectivity index (χ2n) is 4.71. The van der Waals surface area contributed by atoms with E-state index in [0.29, 0.717) is 19.1 Å². The van der Waals surface area contributed by atoms with Gasteiger partial charge in [-0.05, 0) is 13.8 Å². The monoisotopic (exact) mass is 225 g/mol. The Labute approximate surface area is 95.3 Å². The number of rotatable bonds is 3. The lowest BCUT2D eigenvalue weighted by Crippen LogP contribution is -2.23. The van der Waals surface area contributed by atoms with Gasteiger partial charge in [0.15, 0.2) is 0 Å². The Bertz CT molecular complexity index is 341. The molecule has 2 atom stereocenters. The molecule has 0 unspecified atom stereocenters. The fourth-order valence-electron chi connectivity index (χ4n) is 2.12. The van der Waals surface area contributed by atoms with Gasteiger partial charge in [-0.1, -0.05) is 0 Å². The molecule has 90 valence electrons. The number of likely N-dealkylation sites (tertiary alicyclic amines) is 1. The van der Waals surface area contributed by atoms with E-state index < -0.39 is 12.2 Å². The summed E-state index contributed by atoms with van der Waals surface area (Å²) in [5, 5.41) is 18.9. The largest absolute Gasteiger partial charge is 0.389 e. The SMILES string of the molecule is CC(C)n1cncc1CN1C[C@@H](O)[C@@H](O)C1. The Morgan fingerprint density at radius 2 is 2.00 bits per heavy atom. The van der Waals surface area contributed by atoms with Crippen molar-refractivity contribution < 1.29 is 10.2 Å². The first-order chi connectivity index (χ1) is 7.58. The Kier molecular flexibility index (Phi) is 3.28. The molecule has 0 bridgehead atoms. The summed E-state index contributed by atoms with van der Waals surface area (Å²) >= 11 is 0. The zero-order valence-corrected chi connectivity index (χ0v) is 9.74. The van der Waals surface area contributed by atoms with Crippen LogP contribution in [0.15, 0.2) is 12.5 Å². The number of aromatic nitrogens is 2. The molecule has 16 heavy (non-hydrogen) atoms. The van der Waals surface area contributed by atoms with Crippen LogP contribution in [0.2, 0.25) is 0 Å². The van der Waals surface area contributed by atoms with E-state index in [2.05, 4.69) is 23.4 Å². The molecule has 5 heteroatoms. The van der Waals surface area contributed by atoms with Crippen molar-refractivity contribution in [1.82, 2.24) is 14.5 Å². The molecule has 0 saturated carbocycles. The summed E-state index contributed by atoms with van der Waals surface area (Å²) in [6, 6.07) is 0.384. The molecular formula is C11H19N3O2. The molecule has 2 N–H and O–H groups in total. The van der Waals surface area contributed by atoms with Gasteiger partial charge >= 0.3 is 0 Å². The second kappa shape index (κ2) is 4.53. The lowest BCUT2D eigenvalue weighted by atomic mass is 10.3. The fourth-order valence-corrected chi connectivity index (χ4v) is 2.12. The third kappa shape index (κ3) is 2.26. The van der Waals surface area contributed by atoms with Gasteiger partial charge in [-0.3, -0.25) is 4.90 Å². The van der Waals surface area contributed by atoms with Crippen molar-refractivity contribution in [3.63, 3.8) is 0 Å². The smallest absolute Gasteiger partial charge is 0.0951 e. The molecule has 0 spiro atoms.